The van der Waals surface area contributed by atoms with Crippen LogP contribution in [-0.4, -0.2) is 25.1 Å². The molecule has 0 heterocycles. The third-order valence-corrected chi connectivity index (χ3v) is 5.50. The molecule has 4 rings (SSSR count). The highest BCUT2D eigenvalue weighted by Gasteiger charge is 2.22. The van der Waals surface area contributed by atoms with Crippen LogP contribution in [0.5, 0.6) is 5.75 Å². The van der Waals surface area contributed by atoms with Crippen LogP contribution in [0.15, 0.2) is 42.5 Å². The van der Waals surface area contributed by atoms with E-state index < -0.39 is 5.97 Å². The molecule has 0 radical (unpaired) electrons. The third-order valence-electron chi connectivity index (χ3n) is 5.50. The number of esters is 1. The number of amides is 1. The first-order valence-corrected chi connectivity index (χ1v) is 9.96. The van der Waals surface area contributed by atoms with Gasteiger partial charge in [-0.3, -0.25) is 4.79 Å². The van der Waals surface area contributed by atoms with Gasteiger partial charge in [0.1, 0.15) is 5.75 Å². The van der Waals surface area contributed by atoms with Crippen molar-refractivity contribution in [2.75, 3.05) is 13.2 Å². The van der Waals surface area contributed by atoms with Gasteiger partial charge in [0.2, 0.25) is 0 Å². The molecule has 2 aromatic carbocycles. The second-order valence-electron chi connectivity index (χ2n) is 7.44. The van der Waals surface area contributed by atoms with Crippen molar-refractivity contribution >= 4 is 11.9 Å². The van der Waals surface area contributed by atoms with Crippen LogP contribution in [-0.2, 0) is 33.6 Å². The summed E-state index contributed by atoms with van der Waals surface area (Å²) in [5, 5.41) is 2.98. The first kappa shape index (κ1) is 18.5. The smallest absolute Gasteiger partial charge is 0.344 e. The minimum absolute atomic E-state index is 0.0150. The Morgan fingerprint density at radius 3 is 2.68 bits per heavy atom. The molecule has 2 aliphatic carbocycles. The molecule has 1 atom stereocenters. The predicted octanol–water partition coefficient (Wildman–Crippen LogP) is 3.29. The number of aryl methyl sites for hydroxylation is 3. The van der Waals surface area contributed by atoms with Gasteiger partial charge in [-0.2, -0.15) is 0 Å². The molecule has 0 saturated heterocycles. The summed E-state index contributed by atoms with van der Waals surface area (Å²) < 4.78 is 10.6. The van der Waals surface area contributed by atoms with Gasteiger partial charge < -0.3 is 14.8 Å². The molecule has 2 aromatic rings. The topological polar surface area (TPSA) is 64.6 Å². The van der Waals surface area contributed by atoms with Crippen LogP contribution in [0.2, 0.25) is 0 Å². The fourth-order valence-electron chi connectivity index (χ4n) is 4.11. The number of hydrogen-bond acceptors (Lipinski definition) is 4. The number of fused-ring (bicyclic) bond motifs is 2. The number of hydrogen-bond donors (Lipinski definition) is 1. The van der Waals surface area contributed by atoms with Gasteiger partial charge in [0.15, 0.2) is 13.2 Å². The zero-order valence-corrected chi connectivity index (χ0v) is 15.9. The van der Waals surface area contributed by atoms with E-state index in [9.17, 15) is 9.59 Å². The second kappa shape index (κ2) is 8.46. The van der Waals surface area contributed by atoms with Crippen molar-refractivity contribution in [2.45, 2.75) is 44.6 Å². The van der Waals surface area contributed by atoms with Crippen molar-refractivity contribution in [1.29, 1.82) is 0 Å². The average molecular weight is 379 g/mol. The second-order valence-corrected chi connectivity index (χ2v) is 7.44. The van der Waals surface area contributed by atoms with Gasteiger partial charge in [-0.1, -0.05) is 30.3 Å². The summed E-state index contributed by atoms with van der Waals surface area (Å²) in [4.78, 5) is 24.1. The lowest BCUT2D eigenvalue weighted by Gasteiger charge is -2.26. The maximum Gasteiger partial charge on any atom is 0.344 e. The Balaban J connectivity index is 1.22. The lowest BCUT2D eigenvalue weighted by Crippen LogP contribution is -2.34. The van der Waals surface area contributed by atoms with Crippen LogP contribution in [0.3, 0.4) is 0 Å². The number of nitrogens with one attached hydrogen (secondary N) is 1. The number of ether oxygens (including phenoxy) is 2. The van der Waals surface area contributed by atoms with Crippen LogP contribution in [0.4, 0.5) is 0 Å². The predicted molar refractivity (Wildman–Crippen MR) is 105 cm³/mol. The SMILES string of the molecule is O=C(COC(=O)COc1ccc2c(c1)CCC2)N[C@@H]1CCCc2ccccc21. The molecule has 5 heteroatoms. The molecule has 2 aliphatic rings. The van der Waals surface area contributed by atoms with E-state index in [1.165, 1.54) is 23.1 Å². The summed E-state index contributed by atoms with van der Waals surface area (Å²) in [7, 11) is 0. The van der Waals surface area contributed by atoms with Crippen LogP contribution >= 0.6 is 0 Å². The van der Waals surface area contributed by atoms with Gasteiger partial charge in [0.05, 0.1) is 6.04 Å². The monoisotopic (exact) mass is 379 g/mol. The van der Waals surface area contributed by atoms with E-state index in [2.05, 4.69) is 23.5 Å². The van der Waals surface area contributed by atoms with Gasteiger partial charge in [-0.05, 0) is 72.9 Å². The van der Waals surface area contributed by atoms with Crippen LogP contribution in [0.1, 0.15) is 47.6 Å². The number of benzene rings is 2. The summed E-state index contributed by atoms with van der Waals surface area (Å²) in [6.07, 6.45) is 6.31. The van der Waals surface area contributed by atoms with Gasteiger partial charge in [-0.15, -0.1) is 0 Å². The molecule has 28 heavy (non-hydrogen) atoms. The molecule has 0 saturated carbocycles. The van der Waals surface area contributed by atoms with Gasteiger partial charge in [0.25, 0.3) is 5.91 Å². The molecule has 1 N–H and O–H groups in total. The normalized spacial score (nSPS) is 17.4. The van der Waals surface area contributed by atoms with E-state index in [4.69, 9.17) is 9.47 Å². The van der Waals surface area contributed by atoms with Crippen molar-refractivity contribution in [2.24, 2.45) is 0 Å². The molecular weight excluding hydrogens is 354 g/mol. The van der Waals surface area contributed by atoms with Crippen LogP contribution in [0.25, 0.3) is 0 Å². The lowest BCUT2D eigenvalue weighted by atomic mass is 9.88. The molecular formula is C23H25NO4. The van der Waals surface area contributed by atoms with Crippen molar-refractivity contribution in [1.82, 2.24) is 5.32 Å². The Labute approximate surface area is 165 Å². The van der Waals surface area contributed by atoms with E-state index in [0.717, 1.165) is 37.7 Å². The maximum atomic E-state index is 12.2. The summed E-state index contributed by atoms with van der Waals surface area (Å²) in [6, 6.07) is 14.1. The van der Waals surface area contributed by atoms with E-state index in [-0.39, 0.29) is 25.2 Å². The van der Waals surface area contributed by atoms with E-state index in [1.807, 2.05) is 24.3 Å². The number of rotatable bonds is 6. The van der Waals surface area contributed by atoms with Crippen LogP contribution < -0.4 is 10.1 Å². The minimum atomic E-state index is -0.542. The quantitative estimate of drug-likeness (QED) is 0.783. The zero-order chi connectivity index (χ0) is 19.3. The van der Waals surface area contributed by atoms with E-state index in [1.54, 1.807) is 0 Å². The molecule has 5 nitrogen and oxygen atoms in total. The highest BCUT2D eigenvalue weighted by Crippen LogP contribution is 2.29. The first-order chi connectivity index (χ1) is 13.7. The molecule has 0 spiro atoms. The summed E-state index contributed by atoms with van der Waals surface area (Å²) in [5.41, 5.74) is 5.08. The Hall–Kier alpha value is -2.82. The minimum Gasteiger partial charge on any atom is -0.482 e. The van der Waals surface area contributed by atoms with Crippen molar-refractivity contribution < 1.29 is 19.1 Å². The first-order valence-electron chi connectivity index (χ1n) is 9.96. The summed E-state index contributed by atoms with van der Waals surface area (Å²) >= 11 is 0. The van der Waals surface area contributed by atoms with E-state index in [0.29, 0.717) is 5.75 Å². The zero-order valence-electron chi connectivity index (χ0n) is 15.9. The molecule has 0 unspecified atom stereocenters. The molecule has 0 aromatic heterocycles. The van der Waals surface area contributed by atoms with Crippen LogP contribution in [0, 0.1) is 0 Å². The molecule has 0 bridgehead atoms. The van der Waals surface area contributed by atoms with Crippen molar-refractivity contribution in [3.05, 3.63) is 64.7 Å². The largest absolute Gasteiger partial charge is 0.482 e. The summed E-state index contributed by atoms with van der Waals surface area (Å²) in [5.74, 6) is -0.159. The van der Waals surface area contributed by atoms with Gasteiger partial charge in [-0.25, -0.2) is 4.79 Å². The molecule has 1 amide bonds. The Morgan fingerprint density at radius 2 is 1.75 bits per heavy atom. The highest BCUT2D eigenvalue weighted by molar-refractivity contribution is 5.81. The molecule has 0 aliphatic heterocycles. The highest BCUT2D eigenvalue weighted by atomic mass is 16.6. The maximum absolute atomic E-state index is 12.2. The lowest BCUT2D eigenvalue weighted by molar-refractivity contribution is -0.150. The Kier molecular flexibility index (Phi) is 5.60. The summed E-state index contributed by atoms with van der Waals surface area (Å²) in [6.45, 7) is -0.483. The van der Waals surface area contributed by atoms with Gasteiger partial charge in [0, 0.05) is 0 Å². The Bertz CT molecular complexity index is 877. The number of carbonyl (C=O) groups excluding carboxylic acids is 2. The average Bonchev–Trinajstić information content (AvgIpc) is 3.19. The van der Waals surface area contributed by atoms with Gasteiger partial charge >= 0.3 is 5.97 Å². The molecule has 146 valence electrons. The fourth-order valence-corrected chi connectivity index (χ4v) is 4.11. The van der Waals surface area contributed by atoms with Crippen molar-refractivity contribution in [3.63, 3.8) is 0 Å². The third kappa shape index (κ3) is 4.35. The standard InChI is InChI=1S/C23H25NO4/c25-22(24-21-10-4-7-17-5-1-2-9-20(17)21)14-28-23(26)15-27-19-12-11-16-6-3-8-18(16)13-19/h1-2,5,9,11-13,21H,3-4,6-8,10,14-15H2,(H,24,25)/t21-/m1/s1. The van der Waals surface area contributed by atoms with Crippen molar-refractivity contribution in [3.8, 4) is 5.75 Å². The number of carbonyl (C=O) groups is 2. The van der Waals surface area contributed by atoms with E-state index >= 15 is 0 Å². The fraction of sp³-hybridized carbons (Fsp3) is 0.391. The molecule has 0 fully saturated rings. The Morgan fingerprint density at radius 1 is 0.929 bits per heavy atom.